The number of anilines is 2. The number of sulfonamides is 1. The van der Waals surface area contributed by atoms with Crippen molar-refractivity contribution in [3.8, 4) is 0 Å². The van der Waals surface area contributed by atoms with Gasteiger partial charge in [0.1, 0.15) is 0 Å². The number of nitrogen functional groups attached to an aromatic ring is 1. The van der Waals surface area contributed by atoms with Crippen LogP contribution in [0.5, 0.6) is 0 Å². The first-order chi connectivity index (χ1) is 9.78. The van der Waals surface area contributed by atoms with Crippen LogP contribution < -0.4 is 10.5 Å². The van der Waals surface area contributed by atoms with Crippen LogP contribution in [-0.4, -0.2) is 8.42 Å². The average molecular weight is 369 g/mol. The summed E-state index contributed by atoms with van der Waals surface area (Å²) in [5.74, 6) is -0.153. The van der Waals surface area contributed by atoms with Crippen LogP contribution in [0.15, 0.2) is 40.9 Å². The van der Waals surface area contributed by atoms with E-state index < -0.39 is 10.0 Å². The third-order valence-corrected chi connectivity index (χ3v) is 4.92. The molecule has 0 saturated carbocycles. The third kappa shape index (κ3) is 3.98. The van der Waals surface area contributed by atoms with Gasteiger partial charge < -0.3 is 5.73 Å². The maximum atomic E-state index is 12.3. The van der Waals surface area contributed by atoms with E-state index in [1.165, 1.54) is 0 Å². The highest BCUT2D eigenvalue weighted by atomic mass is 79.9. The van der Waals surface area contributed by atoms with Crippen molar-refractivity contribution >= 4 is 37.3 Å². The Morgan fingerprint density at radius 3 is 2.48 bits per heavy atom. The molecule has 0 atom stereocenters. The van der Waals surface area contributed by atoms with Gasteiger partial charge in [0.2, 0.25) is 10.0 Å². The molecular formula is C15H17BrN2O2S. The second-order valence-electron chi connectivity index (χ2n) is 5.00. The van der Waals surface area contributed by atoms with Gasteiger partial charge in [-0.05, 0) is 58.6 Å². The average Bonchev–Trinajstić information content (AvgIpc) is 2.36. The van der Waals surface area contributed by atoms with Crippen LogP contribution in [0.2, 0.25) is 0 Å². The van der Waals surface area contributed by atoms with Crippen LogP contribution >= 0.6 is 15.9 Å². The van der Waals surface area contributed by atoms with Gasteiger partial charge in [-0.25, -0.2) is 8.42 Å². The Labute approximate surface area is 133 Å². The van der Waals surface area contributed by atoms with Crippen molar-refractivity contribution in [3.63, 3.8) is 0 Å². The van der Waals surface area contributed by atoms with Crippen LogP contribution in [0.25, 0.3) is 0 Å². The van der Waals surface area contributed by atoms with Crippen LogP contribution in [0, 0.1) is 13.8 Å². The predicted molar refractivity (Wildman–Crippen MR) is 90.7 cm³/mol. The molecule has 0 amide bonds. The van der Waals surface area contributed by atoms with E-state index in [1.807, 2.05) is 26.0 Å². The molecule has 0 fully saturated rings. The normalized spacial score (nSPS) is 11.4. The zero-order chi connectivity index (χ0) is 15.6. The van der Waals surface area contributed by atoms with Gasteiger partial charge in [0.15, 0.2) is 0 Å². The minimum atomic E-state index is -3.53. The lowest BCUT2D eigenvalue weighted by Gasteiger charge is -2.14. The molecule has 112 valence electrons. The summed E-state index contributed by atoms with van der Waals surface area (Å²) >= 11 is 3.40. The zero-order valence-electron chi connectivity index (χ0n) is 11.9. The van der Waals surface area contributed by atoms with Gasteiger partial charge in [-0.3, -0.25) is 4.72 Å². The van der Waals surface area contributed by atoms with Crippen molar-refractivity contribution in [1.82, 2.24) is 0 Å². The lowest BCUT2D eigenvalue weighted by molar-refractivity contribution is 0.600. The molecule has 0 aliphatic carbocycles. The van der Waals surface area contributed by atoms with Crippen molar-refractivity contribution in [2.45, 2.75) is 19.6 Å². The summed E-state index contributed by atoms with van der Waals surface area (Å²) in [6.07, 6.45) is 0. The first-order valence-electron chi connectivity index (χ1n) is 6.39. The Bertz CT molecular complexity index is 750. The summed E-state index contributed by atoms with van der Waals surface area (Å²) in [6.45, 7) is 3.83. The summed E-state index contributed by atoms with van der Waals surface area (Å²) in [6, 6.07) is 10.8. The molecule has 2 rings (SSSR count). The summed E-state index contributed by atoms with van der Waals surface area (Å²) in [4.78, 5) is 0. The first-order valence-corrected chi connectivity index (χ1v) is 8.83. The maximum Gasteiger partial charge on any atom is 0.237 e. The van der Waals surface area contributed by atoms with E-state index in [-0.39, 0.29) is 5.75 Å². The summed E-state index contributed by atoms with van der Waals surface area (Å²) < 4.78 is 28.0. The second kappa shape index (κ2) is 6.07. The maximum absolute atomic E-state index is 12.3. The van der Waals surface area contributed by atoms with Crippen LogP contribution in [-0.2, 0) is 15.8 Å². The first kappa shape index (κ1) is 15.9. The van der Waals surface area contributed by atoms with Gasteiger partial charge in [-0.15, -0.1) is 0 Å². The third-order valence-electron chi connectivity index (χ3n) is 3.09. The number of para-hydroxylation sites is 1. The smallest absolute Gasteiger partial charge is 0.237 e. The fourth-order valence-electron chi connectivity index (χ4n) is 2.11. The number of aryl methyl sites for hydroxylation is 2. The minimum absolute atomic E-state index is 0.153. The fourth-order valence-corrected chi connectivity index (χ4v) is 4.34. The van der Waals surface area contributed by atoms with E-state index in [9.17, 15) is 8.42 Å². The molecule has 2 aromatic rings. The molecular weight excluding hydrogens is 352 g/mol. The lowest BCUT2D eigenvalue weighted by Crippen LogP contribution is -2.17. The molecule has 2 aromatic carbocycles. The number of halogens is 1. The highest BCUT2D eigenvalue weighted by Gasteiger charge is 2.16. The molecule has 0 heterocycles. The molecule has 3 N–H and O–H groups in total. The molecule has 0 radical (unpaired) electrons. The Balaban J connectivity index is 2.29. The number of nitrogens with one attached hydrogen (secondary N) is 1. The van der Waals surface area contributed by atoms with E-state index in [1.54, 1.807) is 24.3 Å². The molecule has 21 heavy (non-hydrogen) atoms. The molecule has 0 aliphatic heterocycles. The van der Waals surface area contributed by atoms with Crippen LogP contribution in [0.3, 0.4) is 0 Å². The van der Waals surface area contributed by atoms with Crippen LogP contribution in [0.4, 0.5) is 11.4 Å². The molecule has 0 bridgehead atoms. The SMILES string of the molecule is Cc1cc(C)c(NS(=O)(=O)Cc2ccccc2N)c(Br)c1. The molecule has 6 heteroatoms. The highest BCUT2D eigenvalue weighted by molar-refractivity contribution is 9.10. The largest absolute Gasteiger partial charge is 0.398 e. The van der Waals surface area contributed by atoms with E-state index in [2.05, 4.69) is 20.7 Å². The predicted octanol–water partition coefficient (Wildman–Crippen LogP) is 3.59. The van der Waals surface area contributed by atoms with Gasteiger partial charge in [0, 0.05) is 10.2 Å². The highest BCUT2D eigenvalue weighted by Crippen LogP contribution is 2.29. The zero-order valence-corrected chi connectivity index (χ0v) is 14.3. The van der Waals surface area contributed by atoms with Gasteiger partial charge in [-0.1, -0.05) is 24.3 Å². The quantitative estimate of drug-likeness (QED) is 0.809. The minimum Gasteiger partial charge on any atom is -0.398 e. The van der Waals surface area contributed by atoms with E-state index >= 15 is 0 Å². The second-order valence-corrected chi connectivity index (χ2v) is 7.58. The van der Waals surface area contributed by atoms with Crippen LogP contribution in [0.1, 0.15) is 16.7 Å². The van der Waals surface area contributed by atoms with E-state index in [0.717, 1.165) is 15.6 Å². The number of benzene rings is 2. The van der Waals surface area contributed by atoms with E-state index in [0.29, 0.717) is 16.9 Å². The van der Waals surface area contributed by atoms with Gasteiger partial charge in [0.05, 0.1) is 11.4 Å². The summed E-state index contributed by atoms with van der Waals surface area (Å²) in [5.41, 5.74) is 9.36. The number of rotatable bonds is 4. The standard InChI is InChI=1S/C15H17BrN2O2S/c1-10-7-11(2)15(13(16)8-10)18-21(19,20)9-12-5-3-4-6-14(12)17/h3-8,18H,9,17H2,1-2H3. The molecule has 0 aliphatic rings. The number of nitrogens with two attached hydrogens (primary N) is 1. The van der Waals surface area contributed by atoms with Crippen molar-refractivity contribution in [3.05, 3.63) is 57.6 Å². The van der Waals surface area contributed by atoms with E-state index in [4.69, 9.17) is 5.73 Å². The summed E-state index contributed by atoms with van der Waals surface area (Å²) in [5, 5.41) is 0. The Kier molecular flexibility index (Phi) is 4.58. The van der Waals surface area contributed by atoms with Crippen molar-refractivity contribution in [2.24, 2.45) is 0 Å². The van der Waals surface area contributed by atoms with Gasteiger partial charge in [0.25, 0.3) is 0 Å². The molecule has 4 nitrogen and oxygen atoms in total. The number of hydrogen-bond acceptors (Lipinski definition) is 3. The number of hydrogen-bond donors (Lipinski definition) is 2. The molecule has 0 aromatic heterocycles. The fraction of sp³-hybridized carbons (Fsp3) is 0.200. The van der Waals surface area contributed by atoms with Crippen molar-refractivity contribution in [2.75, 3.05) is 10.5 Å². The molecule has 0 saturated heterocycles. The Hall–Kier alpha value is -1.53. The lowest BCUT2D eigenvalue weighted by atomic mass is 10.1. The van der Waals surface area contributed by atoms with Crippen molar-refractivity contribution in [1.29, 1.82) is 0 Å². The topological polar surface area (TPSA) is 72.2 Å². The molecule has 0 spiro atoms. The summed E-state index contributed by atoms with van der Waals surface area (Å²) in [7, 11) is -3.53. The molecule has 0 unspecified atom stereocenters. The van der Waals surface area contributed by atoms with Gasteiger partial charge in [-0.2, -0.15) is 0 Å². The monoisotopic (exact) mass is 368 g/mol. The van der Waals surface area contributed by atoms with Crippen molar-refractivity contribution < 1.29 is 8.42 Å². The van der Waals surface area contributed by atoms with Gasteiger partial charge >= 0.3 is 0 Å². The Morgan fingerprint density at radius 2 is 1.86 bits per heavy atom. The Morgan fingerprint density at radius 1 is 1.19 bits per heavy atom.